The largest absolute Gasteiger partial charge is 0.394 e. The number of para-hydroxylation sites is 1. The molecule has 192 valence electrons. The van der Waals surface area contributed by atoms with Crippen molar-refractivity contribution in [3.8, 4) is 0 Å². The van der Waals surface area contributed by atoms with E-state index in [9.17, 15) is 5.11 Å². The van der Waals surface area contributed by atoms with E-state index in [1.807, 2.05) is 34.9 Å². The second-order valence-electron chi connectivity index (χ2n) is 9.55. The van der Waals surface area contributed by atoms with Crippen LogP contribution >= 0.6 is 11.6 Å². The van der Waals surface area contributed by atoms with Gasteiger partial charge in [0.2, 0.25) is 0 Å². The molecule has 0 spiro atoms. The molecular formula is C27H30ClN7O2. The van der Waals surface area contributed by atoms with Crippen LogP contribution in [0.25, 0.3) is 11.2 Å². The minimum absolute atomic E-state index is 0.0494. The Bertz CT molecular complexity index is 1330. The number of piperazine rings is 1. The number of imidazole rings is 1. The number of hydrogen-bond donors (Lipinski definition) is 1. The molecule has 2 fully saturated rings. The molecule has 0 unspecified atom stereocenters. The highest BCUT2D eigenvalue weighted by atomic mass is 35.5. The summed E-state index contributed by atoms with van der Waals surface area (Å²) in [5.74, 6) is 0.851. The van der Waals surface area contributed by atoms with Gasteiger partial charge < -0.3 is 19.6 Å². The Kier molecular flexibility index (Phi) is 6.93. The number of hydrogen-bond acceptors (Lipinski definition) is 8. The zero-order valence-corrected chi connectivity index (χ0v) is 21.3. The Balaban J connectivity index is 1.20. The third-order valence-corrected chi connectivity index (χ3v) is 7.35. The summed E-state index contributed by atoms with van der Waals surface area (Å²) < 4.78 is 8.22. The Hall–Kier alpha value is -3.24. The molecule has 2 aliphatic heterocycles. The standard InChI is InChI=1S/C27H30ClN7O2/c28-21-8-6-20(7-9-21)14-32-15-23(17-36)37-24(16-32)35-19-31-25-26(29-18-30-27(25)35)34-12-10-33(11-13-34)22-4-2-1-3-5-22/h1-9,18-19,23-24,36H,10-17H2/t23-,24+/m0/s1. The lowest BCUT2D eigenvalue weighted by atomic mass is 10.2. The van der Waals surface area contributed by atoms with Gasteiger partial charge >= 0.3 is 0 Å². The lowest BCUT2D eigenvalue weighted by Crippen LogP contribution is -2.47. The van der Waals surface area contributed by atoms with Gasteiger partial charge in [-0.1, -0.05) is 41.9 Å². The summed E-state index contributed by atoms with van der Waals surface area (Å²) in [4.78, 5) is 20.9. The van der Waals surface area contributed by atoms with Crippen molar-refractivity contribution in [2.75, 3.05) is 55.7 Å². The fraction of sp³-hybridized carbons (Fsp3) is 0.370. The van der Waals surface area contributed by atoms with Gasteiger partial charge in [0, 0.05) is 56.5 Å². The maximum absolute atomic E-state index is 9.93. The van der Waals surface area contributed by atoms with E-state index in [0.717, 1.165) is 60.3 Å². The highest BCUT2D eigenvalue weighted by Crippen LogP contribution is 2.29. The van der Waals surface area contributed by atoms with Gasteiger partial charge in [-0.2, -0.15) is 0 Å². The summed E-state index contributed by atoms with van der Waals surface area (Å²) in [7, 11) is 0. The molecule has 2 aromatic heterocycles. The Morgan fingerprint density at radius 3 is 2.41 bits per heavy atom. The predicted octanol–water partition coefficient (Wildman–Crippen LogP) is 3.20. The van der Waals surface area contributed by atoms with Crippen LogP contribution in [0, 0.1) is 0 Å². The lowest BCUT2D eigenvalue weighted by Gasteiger charge is -2.38. The van der Waals surface area contributed by atoms with Gasteiger partial charge in [0.1, 0.15) is 12.6 Å². The number of morpholine rings is 1. The molecule has 4 aromatic rings. The van der Waals surface area contributed by atoms with E-state index in [2.05, 4.69) is 48.9 Å². The number of aromatic nitrogens is 4. The van der Waals surface area contributed by atoms with E-state index < -0.39 is 0 Å². The third kappa shape index (κ3) is 5.13. The molecule has 4 heterocycles. The summed E-state index contributed by atoms with van der Waals surface area (Å²) in [6.07, 6.45) is 2.78. The molecule has 0 saturated carbocycles. The van der Waals surface area contributed by atoms with Gasteiger partial charge in [0.15, 0.2) is 17.0 Å². The van der Waals surface area contributed by atoms with Crippen molar-refractivity contribution in [1.82, 2.24) is 24.4 Å². The number of fused-ring (bicyclic) bond motifs is 1. The first kappa shape index (κ1) is 24.1. The van der Waals surface area contributed by atoms with Crippen LogP contribution in [-0.4, -0.2) is 81.5 Å². The van der Waals surface area contributed by atoms with Crippen LogP contribution in [0.1, 0.15) is 11.8 Å². The summed E-state index contributed by atoms with van der Waals surface area (Å²) in [6.45, 7) is 5.54. The number of ether oxygens (including phenoxy) is 1. The monoisotopic (exact) mass is 519 g/mol. The minimum Gasteiger partial charge on any atom is -0.394 e. The van der Waals surface area contributed by atoms with E-state index in [0.29, 0.717) is 13.1 Å². The van der Waals surface area contributed by atoms with E-state index in [1.54, 1.807) is 12.7 Å². The van der Waals surface area contributed by atoms with Crippen LogP contribution in [0.2, 0.25) is 5.02 Å². The van der Waals surface area contributed by atoms with E-state index in [1.165, 1.54) is 5.69 Å². The predicted molar refractivity (Wildman–Crippen MR) is 144 cm³/mol. The lowest BCUT2D eigenvalue weighted by molar-refractivity contribution is -0.135. The number of nitrogens with zero attached hydrogens (tertiary/aromatic N) is 7. The van der Waals surface area contributed by atoms with Gasteiger partial charge in [0.05, 0.1) is 19.0 Å². The Morgan fingerprint density at radius 1 is 0.892 bits per heavy atom. The van der Waals surface area contributed by atoms with Crippen molar-refractivity contribution >= 4 is 34.3 Å². The van der Waals surface area contributed by atoms with Crippen molar-refractivity contribution in [3.63, 3.8) is 0 Å². The first-order valence-corrected chi connectivity index (χ1v) is 13.0. The fourth-order valence-corrected chi connectivity index (χ4v) is 5.35. The molecule has 2 aromatic carbocycles. The molecule has 1 N–H and O–H groups in total. The van der Waals surface area contributed by atoms with Crippen molar-refractivity contribution in [3.05, 3.63) is 77.8 Å². The number of benzene rings is 2. The van der Waals surface area contributed by atoms with E-state index in [4.69, 9.17) is 21.3 Å². The first-order valence-electron chi connectivity index (χ1n) is 12.6. The number of rotatable bonds is 6. The fourth-order valence-electron chi connectivity index (χ4n) is 5.22. The summed E-state index contributed by atoms with van der Waals surface area (Å²) in [5, 5.41) is 10.6. The van der Waals surface area contributed by atoms with Gasteiger partial charge in [-0.15, -0.1) is 0 Å². The highest BCUT2D eigenvalue weighted by molar-refractivity contribution is 6.30. The van der Waals surface area contributed by atoms with Gasteiger partial charge in [-0.25, -0.2) is 15.0 Å². The zero-order valence-electron chi connectivity index (χ0n) is 20.5. The molecule has 37 heavy (non-hydrogen) atoms. The quantitative estimate of drug-likeness (QED) is 0.416. The maximum Gasteiger partial charge on any atom is 0.167 e. The molecule has 2 aliphatic rings. The van der Waals surface area contributed by atoms with Crippen molar-refractivity contribution in [1.29, 1.82) is 0 Å². The van der Waals surface area contributed by atoms with Crippen LogP contribution < -0.4 is 9.80 Å². The molecular weight excluding hydrogens is 490 g/mol. The Morgan fingerprint density at radius 2 is 1.65 bits per heavy atom. The summed E-state index contributed by atoms with van der Waals surface area (Å²) in [6, 6.07) is 18.4. The molecule has 0 radical (unpaired) electrons. The second kappa shape index (κ2) is 10.6. The normalized spacial score (nSPS) is 21.0. The number of anilines is 2. The van der Waals surface area contributed by atoms with Gasteiger partial charge in [-0.05, 0) is 29.8 Å². The molecule has 9 nitrogen and oxygen atoms in total. The molecule has 2 saturated heterocycles. The summed E-state index contributed by atoms with van der Waals surface area (Å²) in [5.41, 5.74) is 3.92. The summed E-state index contributed by atoms with van der Waals surface area (Å²) >= 11 is 6.06. The van der Waals surface area contributed by atoms with Gasteiger partial charge in [-0.3, -0.25) is 9.47 Å². The smallest absolute Gasteiger partial charge is 0.167 e. The number of aliphatic hydroxyl groups is 1. The second-order valence-corrected chi connectivity index (χ2v) is 9.98. The number of halogens is 1. The third-order valence-electron chi connectivity index (χ3n) is 7.10. The van der Waals surface area contributed by atoms with Crippen molar-refractivity contribution < 1.29 is 9.84 Å². The SMILES string of the molecule is OC[C@@H]1CN(Cc2ccc(Cl)cc2)C[C@H](n2cnc3c(N4CCN(c5ccccc5)CC4)ncnc32)O1. The molecule has 0 bridgehead atoms. The zero-order chi connectivity index (χ0) is 25.2. The van der Waals surface area contributed by atoms with Crippen LogP contribution in [0.4, 0.5) is 11.5 Å². The van der Waals surface area contributed by atoms with Gasteiger partial charge in [0.25, 0.3) is 0 Å². The van der Waals surface area contributed by atoms with Crippen LogP contribution in [0.15, 0.2) is 67.3 Å². The maximum atomic E-state index is 9.93. The van der Waals surface area contributed by atoms with Crippen LogP contribution in [0.3, 0.4) is 0 Å². The van der Waals surface area contributed by atoms with Crippen molar-refractivity contribution in [2.45, 2.75) is 18.9 Å². The molecule has 6 rings (SSSR count). The van der Waals surface area contributed by atoms with Crippen LogP contribution in [0.5, 0.6) is 0 Å². The molecule has 0 amide bonds. The molecule has 2 atom stereocenters. The Labute approximate surface area is 220 Å². The number of aliphatic hydroxyl groups excluding tert-OH is 1. The van der Waals surface area contributed by atoms with Crippen LogP contribution in [-0.2, 0) is 11.3 Å². The molecule has 0 aliphatic carbocycles. The van der Waals surface area contributed by atoms with E-state index >= 15 is 0 Å². The first-order chi connectivity index (χ1) is 18.2. The van der Waals surface area contributed by atoms with Crippen molar-refractivity contribution in [2.24, 2.45) is 0 Å². The minimum atomic E-state index is -0.319. The average molecular weight is 520 g/mol. The molecule has 10 heteroatoms. The highest BCUT2D eigenvalue weighted by Gasteiger charge is 2.31. The topological polar surface area (TPSA) is 82.8 Å². The van der Waals surface area contributed by atoms with E-state index in [-0.39, 0.29) is 18.9 Å². The average Bonchev–Trinajstić information content (AvgIpc) is 3.39.